The van der Waals surface area contributed by atoms with E-state index < -0.39 is 17.8 Å². The van der Waals surface area contributed by atoms with Crippen LogP contribution in [0.25, 0.3) is 10.9 Å². The van der Waals surface area contributed by atoms with Gasteiger partial charge in [0.2, 0.25) is 0 Å². The normalized spacial score (nSPS) is 10.8. The molecule has 0 fully saturated rings. The van der Waals surface area contributed by atoms with Crippen LogP contribution < -0.4 is 4.74 Å². The molecule has 1 heterocycles. The Hall–Kier alpha value is -3.15. The van der Waals surface area contributed by atoms with Crippen molar-refractivity contribution in [1.29, 1.82) is 0 Å². The number of carbonyl (C=O) groups excluding carboxylic acids is 2. The lowest BCUT2D eigenvalue weighted by Gasteiger charge is -2.06. The zero-order valence-corrected chi connectivity index (χ0v) is 14.7. The van der Waals surface area contributed by atoms with Gasteiger partial charge in [-0.15, -0.1) is 0 Å². The first kappa shape index (κ1) is 17.7. The van der Waals surface area contributed by atoms with Crippen molar-refractivity contribution in [3.05, 3.63) is 65.1 Å². The maximum absolute atomic E-state index is 13.0. The Labute approximate surface area is 149 Å². The SMILES string of the molecule is CCOC(=O)c1c(C)n(C)c2ccc(OC(=O)c3ccc(F)cc3)cc12. The van der Waals surface area contributed by atoms with Crippen LogP contribution in [0.5, 0.6) is 5.75 Å². The van der Waals surface area contributed by atoms with E-state index >= 15 is 0 Å². The van der Waals surface area contributed by atoms with Crippen molar-refractivity contribution in [2.24, 2.45) is 7.05 Å². The molecule has 5 nitrogen and oxygen atoms in total. The molecular weight excluding hydrogens is 337 g/mol. The second-order valence-electron chi connectivity index (χ2n) is 5.82. The number of aromatic nitrogens is 1. The van der Waals surface area contributed by atoms with Gasteiger partial charge < -0.3 is 14.0 Å². The number of benzene rings is 2. The predicted molar refractivity (Wildman–Crippen MR) is 95.0 cm³/mol. The summed E-state index contributed by atoms with van der Waals surface area (Å²) < 4.78 is 25.4. The van der Waals surface area contributed by atoms with Gasteiger partial charge in [-0.2, -0.15) is 0 Å². The lowest BCUT2D eigenvalue weighted by molar-refractivity contribution is 0.0527. The van der Waals surface area contributed by atoms with Crippen molar-refractivity contribution < 1.29 is 23.5 Å². The Balaban J connectivity index is 1.98. The summed E-state index contributed by atoms with van der Waals surface area (Å²) in [6.45, 7) is 3.85. The quantitative estimate of drug-likeness (QED) is 0.524. The summed E-state index contributed by atoms with van der Waals surface area (Å²) in [5.74, 6) is -1.16. The van der Waals surface area contributed by atoms with E-state index in [9.17, 15) is 14.0 Å². The summed E-state index contributed by atoms with van der Waals surface area (Å²) in [5.41, 5.74) is 2.28. The Morgan fingerprint density at radius 1 is 1.08 bits per heavy atom. The van der Waals surface area contributed by atoms with Gasteiger partial charge in [0, 0.05) is 23.6 Å². The number of fused-ring (bicyclic) bond motifs is 1. The van der Waals surface area contributed by atoms with Crippen molar-refractivity contribution in [3.8, 4) is 5.75 Å². The third kappa shape index (κ3) is 3.18. The summed E-state index contributed by atoms with van der Waals surface area (Å²) in [7, 11) is 1.85. The van der Waals surface area contributed by atoms with Gasteiger partial charge in [-0.25, -0.2) is 14.0 Å². The lowest BCUT2D eigenvalue weighted by Crippen LogP contribution is -2.08. The zero-order chi connectivity index (χ0) is 18.8. The fourth-order valence-electron chi connectivity index (χ4n) is 2.83. The molecule has 0 saturated carbocycles. The number of aryl methyl sites for hydroxylation is 1. The molecule has 0 spiro atoms. The molecule has 134 valence electrons. The minimum Gasteiger partial charge on any atom is -0.462 e. The number of esters is 2. The maximum atomic E-state index is 13.0. The van der Waals surface area contributed by atoms with Gasteiger partial charge in [-0.05, 0) is 56.3 Å². The summed E-state index contributed by atoms with van der Waals surface area (Å²) in [6.07, 6.45) is 0. The predicted octanol–water partition coefficient (Wildman–Crippen LogP) is 4.02. The summed E-state index contributed by atoms with van der Waals surface area (Å²) in [5, 5.41) is 0.646. The molecule has 26 heavy (non-hydrogen) atoms. The lowest BCUT2D eigenvalue weighted by atomic mass is 10.1. The molecule has 0 aliphatic rings. The van der Waals surface area contributed by atoms with E-state index in [1.165, 1.54) is 24.3 Å². The standard InChI is InChI=1S/C20H18FNO4/c1-4-25-20(24)18-12(2)22(3)17-10-9-15(11-16(17)18)26-19(23)13-5-7-14(21)8-6-13/h5-11H,4H2,1-3H3. The fraction of sp³-hybridized carbons (Fsp3) is 0.200. The van der Waals surface area contributed by atoms with Gasteiger partial charge >= 0.3 is 11.9 Å². The average molecular weight is 355 g/mol. The Morgan fingerprint density at radius 3 is 2.42 bits per heavy atom. The molecule has 0 aliphatic heterocycles. The zero-order valence-electron chi connectivity index (χ0n) is 14.7. The minimum atomic E-state index is -0.602. The number of nitrogens with zero attached hydrogens (tertiary/aromatic N) is 1. The molecule has 0 bridgehead atoms. The Bertz CT molecular complexity index is 989. The molecule has 6 heteroatoms. The highest BCUT2D eigenvalue weighted by molar-refractivity contribution is 6.06. The highest BCUT2D eigenvalue weighted by Crippen LogP contribution is 2.29. The van der Waals surface area contributed by atoms with E-state index in [2.05, 4.69) is 0 Å². The van der Waals surface area contributed by atoms with Crippen LogP contribution in [0.2, 0.25) is 0 Å². The first-order valence-corrected chi connectivity index (χ1v) is 8.16. The summed E-state index contributed by atoms with van der Waals surface area (Å²) >= 11 is 0. The number of halogens is 1. The monoisotopic (exact) mass is 355 g/mol. The van der Waals surface area contributed by atoms with E-state index in [1.54, 1.807) is 25.1 Å². The van der Waals surface area contributed by atoms with Gasteiger partial charge in [0.05, 0.1) is 17.7 Å². The number of hydrogen-bond acceptors (Lipinski definition) is 4. The topological polar surface area (TPSA) is 57.5 Å². The van der Waals surface area contributed by atoms with Crippen LogP contribution in [0.15, 0.2) is 42.5 Å². The second kappa shape index (κ2) is 7.00. The van der Waals surface area contributed by atoms with Crippen LogP contribution in [-0.4, -0.2) is 23.1 Å². The van der Waals surface area contributed by atoms with Crippen molar-refractivity contribution in [2.75, 3.05) is 6.61 Å². The maximum Gasteiger partial charge on any atom is 0.343 e. The number of ether oxygens (including phenoxy) is 2. The second-order valence-corrected chi connectivity index (χ2v) is 5.82. The summed E-state index contributed by atoms with van der Waals surface area (Å²) in [4.78, 5) is 24.5. The molecule has 0 N–H and O–H groups in total. The van der Waals surface area contributed by atoms with E-state index in [0.717, 1.165) is 11.2 Å². The number of rotatable bonds is 4. The fourth-order valence-corrected chi connectivity index (χ4v) is 2.83. The van der Waals surface area contributed by atoms with Crippen molar-refractivity contribution >= 4 is 22.8 Å². The minimum absolute atomic E-state index is 0.237. The van der Waals surface area contributed by atoms with Gasteiger partial charge in [-0.1, -0.05) is 0 Å². The summed E-state index contributed by atoms with van der Waals surface area (Å²) in [6, 6.07) is 10.2. The van der Waals surface area contributed by atoms with Crippen molar-refractivity contribution in [1.82, 2.24) is 4.57 Å². The van der Waals surface area contributed by atoms with Crippen LogP contribution in [0.1, 0.15) is 33.3 Å². The smallest absolute Gasteiger partial charge is 0.343 e. The van der Waals surface area contributed by atoms with Gasteiger partial charge in [0.1, 0.15) is 11.6 Å². The van der Waals surface area contributed by atoms with Crippen LogP contribution in [0.3, 0.4) is 0 Å². The van der Waals surface area contributed by atoms with Crippen molar-refractivity contribution in [2.45, 2.75) is 13.8 Å². The highest BCUT2D eigenvalue weighted by Gasteiger charge is 2.20. The Kier molecular flexibility index (Phi) is 4.75. The molecule has 3 rings (SSSR count). The third-order valence-corrected chi connectivity index (χ3v) is 4.23. The number of carbonyl (C=O) groups is 2. The number of hydrogen-bond donors (Lipinski definition) is 0. The molecule has 0 unspecified atom stereocenters. The molecule has 0 atom stereocenters. The van der Waals surface area contributed by atoms with Crippen LogP contribution in [-0.2, 0) is 11.8 Å². The van der Waals surface area contributed by atoms with Crippen molar-refractivity contribution in [3.63, 3.8) is 0 Å². The molecule has 0 radical (unpaired) electrons. The molecule has 0 saturated heterocycles. The first-order chi connectivity index (χ1) is 12.4. The molecule has 2 aromatic carbocycles. The van der Waals surface area contributed by atoms with Gasteiger partial charge in [0.15, 0.2) is 0 Å². The van der Waals surface area contributed by atoms with E-state index in [1.807, 2.05) is 18.5 Å². The van der Waals surface area contributed by atoms with Crippen LogP contribution >= 0.6 is 0 Å². The average Bonchev–Trinajstić information content (AvgIpc) is 2.86. The van der Waals surface area contributed by atoms with Gasteiger partial charge in [-0.3, -0.25) is 0 Å². The molecular formula is C20H18FNO4. The van der Waals surface area contributed by atoms with E-state index in [4.69, 9.17) is 9.47 Å². The van der Waals surface area contributed by atoms with E-state index in [0.29, 0.717) is 16.7 Å². The third-order valence-electron chi connectivity index (χ3n) is 4.23. The first-order valence-electron chi connectivity index (χ1n) is 8.16. The highest BCUT2D eigenvalue weighted by atomic mass is 19.1. The molecule has 0 aliphatic carbocycles. The molecule has 1 aromatic heterocycles. The van der Waals surface area contributed by atoms with Crippen LogP contribution in [0.4, 0.5) is 4.39 Å². The van der Waals surface area contributed by atoms with Crippen LogP contribution in [0, 0.1) is 12.7 Å². The molecule has 3 aromatic rings. The molecule has 0 amide bonds. The van der Waals surface area contributed by atoms with E-state index in [-0.39, 0.29) is 12.2 Å². The Morgan fingerprint density at radius 2 is 1.77 bits per heavy atom. The largest absolute Gasteiger partial charge is 0.462 e. The van der Waals surface area contributed by atoms with Gasteiger partial charge in [0.25, 0.3) is 0 Å².